The molecule has 2 aromatic heterocycles. The van der Waals surface area contributed by atoms with Crippen LogP contribution < -0.4 is 11.1 Å². The highest BCUT2D eigenvalue weighted by Crippen LogP contribution is 2.33. The number of carbonyl (C=O) groups is 1. The number of rotatable bonds is 6. The molecular weight excluding hydrogens is 469 g/mol. The summed E-state index contributed by atoms with van der Waals surface area (Å²) < 4.78 is 41.5. The number of alkyl halides is 3. The normalized spacial score (nSPS) is 14.8. The van der Waals surface area contributed by atoms with Gasteiger partial charge < -0.3 is 15.6 Å². The van der Waals surface area contributed by atoms with Gasteiger partial charge in [-0.15, -0.1) is 0 Å². The van der Waals surface area contributed by atoms with E-state index in [-0.39, 0.29) is 12.6 Å². The number of carbonyl (C=O) groups excluding carboxylic acids is 1. The number of primary amides is 1. The molecule has 36 heavy (non-hydrogen) atoms. The fourth-order valence-electron chi connectivity index (χ4n) is 4.62. The van der Waals surface area contributed by atoms with Crippen LogP contribution >= 0.6 is 0 Å². The minimum atomic E-state index is -4.42. The topological polar surface area (TPSA) is 98.7 Å². The minimum Gasteiger partial charge on any atom is -0.366 e. The Hall–Kier alpha value is -3.95. The molecule has 186 valence electrons. The van der Waals surface area contributed by atoms with E-state index in [0.717, 1.165) is 37.8 Å². The maximum atomic E-state index is 13.2. The third-order valence-corrected chi connectivity index (χ3v) is 6.53. The van der Waals surface area contributed by atoms with Gasteiger partial charge in [0.2, 0.25) is 5.91 Å². The van der Waals surface area contributed by atoms with Gasteiger partial charge in [-0.25, -0.2) is 15.0 Å². The molecule has 7 nitrogen and oxygen atoms in total. The molecule has 2 aromatic carbocycles. The van der Waals surface area contributed by atoms with Gasteiger partial charge in [0, 0.05) is 23.7 Å². The van der Waals surface area contributed by atoms with E-state index in [2.05, 4.69) is 19.9 Å². The molecular formula is C26H25F3N6O. The van der Waals surface area contributed by atoms with Crippen molar-refractivity contribution in [1.82, 2.24) is 19.5 Å². The summed E-state index contributed by atoms with van der Waals surface area (Å²) in [6.07, 6.45) is 2.90. The van der Waals surface area contributed by atoms with Crippen molar-refractivity contribution in [2.24, 2.45) is 5.73 Å². The Bertz CT molecular complexity index is 1390. The van der Waals surface area contributed by atoms with Crippen LogP contribution in [-0.2, 0) is 12.7 Å². The number of imidazole rings is 1. The summed E-state index contributed by atoms with van der Waals surface area (Å²) in [6, 6.07) is 12.1. The molecule has 4 aromatic rings. The average molecular weight is 495 g/mol. The number of fused-ring (bicyclic) bond motifs is 1. The average Bonchev–Trinajstić information content (AvgIpc) is 3.32. The van der Waals surface area contributed by atoms with E-state index < -0.39 is 17.6 Å². The summed E-state index contributed by atoms with van der Waals surface area (Å²) in [4.78, 5) is 25.5. The number of anilines is 1. The van der Waals surface area contributed by atoms with Gasteiger partial charge in [0.25, 0.3) is 0 Å². The molecule has 3 N–H and O–H groups in total. The fraction of sp³-hybridized carbons (Fsp3) is 0.308. The van der Waals surface area contributed by atoms with Gasteiger partial charge in [-0.05, 0) is 42.7 Å². The van der Waals surface area contributed by atoms with E-state index in [1.165, 1.54) is 12.5 Å². The van der Waals surface area contributed by atoms with Crippen molar-refractivity contribution in [3.8, 4) is 11.4 Å². The van der Waals surface area contributed by atoms with Gasteiger partial charge in [0.15, 0.2) is 17.3 Å². The molecule has 5 rings (SSSR count). The second-order valence-electron chi connectivity index (χ2n) is 9.00. The highest BCUT2D eigenvalue weighted by Gasteiger charge is 2.30. The van der Waals surface area contributed by atoms with Crippen molar-refractivity contribution < 1.29 is 18.0 Å². The van der Waals surface area contributed by atoms with Crippen molar-refractivity contribution in [3.63, 3.8) is 0 Å². The van der Waals surface area contributed by atoms with Crippen LogP contribution in [0.2, 0.25) is 0 Å². The lowest BCUT2D eigenvalue weighted by molar-refractivity contribution is -0.137. The van der Waals surface area contributed by atoms with Crippen LogP contribution in [0.25, 0.3) is 22.6 Å². The molecule has 1 fully saturated rings. The second kappa shape index (κ2) is 9.60. The highest BCUT2D eigenvalue weighted by molar-refractivity contribution is 5.93. The van der Waals surface area contributed by atoms with E-state index >= 15 is 0 Å². The number of amides is 1. The van der Waals surface area contributed by atoms with E-state index in [1.807, 2.05) is 0 Å². The SMILES string of the molecule is NC(=O)c1ccc(-c2nc(NCc3cccc(C(F)(F)F)c3)c3ncn(C4CCCCC4)c3n2)cc1. The van der Waals surface area contributed by atoms with E-state index in [1.54, 1.807) is 36.7 Å². The summed E-state index contributed by atoms with van der Waals surface area (Å²) >= 11 is 0. The van der Waals surface area contributed by atoms with Gasteiger partial charge in [0.05, 0.1) is 11.9 Å². The van der Waals surface area contributed by atoms with Gasteiger partial charge in [0.1, 0.15) is 5.52 Å². The molecule has 10 heteroatoms. The third-order valence-electron chi connectivity index (χ3n) is 6.53. The molecule has 1 aliphatic carbocycles. The Labute approximate surface area is 205 Å². The van der Waals surface area contributed by atoms with Crippen molar-refractivity contribution in [2.45, 2.75) is 50.9 Å². The van der Waals surface area contributed by atoms with E-state index in [9.17, 15) is 18.0 Å². The zero-order chi connectivity index (χ0) is 25.3. The predicted octanol–water partition coefficient (Wildman–Crippen LogP) is 5.73. The van der Waals surface area contributed by atoms with Gasteiger partial charge in [-0.2, -0.15) is 13.2 Å². The largest absolute Gasteiger partial charge is 0.416 e. The smallest absolute Gasteiger partial charge is 0.366 e. The second-order valence-corrected chi connectivity index (χ2v) is 9.00. The lowest BCUT2D eigenvalue weighted by Gasteiger charge is -2.23. The minimum absolute atomic E-state index is 0.131. The Morgan fingerprint density at radius 2 is 1.81 bits per heavy atom. The van der Waals surface area contributed by atoms with Crippen LogP contribution in [0.5, 0.6) is 0 Å². The van der Waals surface area contributed by atoms with Crippen LogP contribution in [-0.4, -0.2) is 25.4 Å². The van der Waals surface area contributed by atoms with Crippen LogP contribution in [0.4, 0.5) is 19.0 Å². The number of halogens is 3. The maximum Gasteiger partial charge on any atom is 0.416 e. The van der Waals surface area contributed by atoms with Crippen LogP contribution in [0.15, 0.2) is 54.9 Å². The van der Waals surface area contributed by atoms with Crippen molar-refractivity contribution in [1.29, 1.82) is 0 Å². The highest BCUT2D eigenvalue weighted by atomic mass is 19.4. The van der Waals surface area contributed by atoms with Gasteiger partial charge in [-0.3, -0.25) is 4.79 Å². The maximum absolute atomic E-state index is 13.2. The summed E-state index contributed by atoms with van der Waals surface area (Å²) in [5.74, 6) is 0.320. The Balaban J connectivity index is 1.53. The molecule has 0 saturated heterocycles. The van der Waals surface area contributed by atoms with Gasteiger partial charge >= 0.3 is 6.18 Å². The number of aromatic nitrogens is 4. The summed E-state index contributed by atoms with van der Waals surface area (Å²) in [7, 11) is 0. The first-order valence-corrected chi connectivity index (χ1v) is 11.8. The standard InChI is InChI=1S/C26H25F3N6O/c27-26(28,29)19-6-4-5-16(13-19)14-31-24-21-25(35(15-32-21)20-7-2-1-3-8-20)34-23(33-24)18-11-9-17(10-12-18)22(30)36/h4-6,9-13,15,20H,1-3,7-8,14H2,(H2,30,36)(H,31,33,34). The predicted molar refractivity (Wildman–Crippen MR) is 130 cm³/mol. The number of nitrogens with zero attached hydrogens (tertiary/aromatic N) is 4. The summed E-state index contributed by atoms with van der Waals surface area (Å²) in [5.41, 5.74) is 7.40. The fourth-order valence-corrected chi connectivity index (χ4v) is 4.62. The number of hydrogen-bond donors (Lipinski definition) is 2. The van der Waals surface area contributed by atoms with Crippen LogP contribution in [0.1, 0.15) is 59.6 Å². The van der Waals surface area contributed by atoms with Crippen molar-refractivity contribution >= 4 is 22.9 Å². The van der Waals surface area contributed by atoms with E-state index in [4.69, 9.17) is 10.7 Å². The molecule has 1 aliphatic rings. The summed E-state index contributed by atoms with van der Waals surface area (Å²) in [5, 5.41) is 3.17. The Morgan fingerprint density at radius 1 is 1.06 bits per heavy atom. The van der Waals surface area contributed by atoms with Gasteiger partial charge in [-0.1, -0.05) is 43.5 Å². The molecule has 0 spiro atoms. The molecule has 0 radical (unpaired) electrons. The zero-order valence-corrected chi connectivity index (χ0v) is 19.4. The van der Waals surface area contributed by atoms with Crippen molar-refractivity contribution in [3.05, 3.63) is 71.5 Å². The third kappa shape index (κ3) is 4.89. The molecule has 2 heterocycles. The Kier molecular flexibility index (Phi) is 6.34. The number of nitrogens with two attached hydrogens (primary N) is 1. The molecule has 0 bridgehead atoms. The first-order chi connectivity index (χ1) is 17.3. The van der Waals surface area contributed by atoms with Crippen LogP contribution in [0, 0.1) is 0 Å². The summed E-state index contributed by atoms with van der Waals surface area (Å²) in [6.45, 7) is 0.131. The monoisotopic (exact) mass is 494 g/mol. The lowest BCUT2D eigenvalue weighted by atomic mass is 9.95. The van der Waals surface area contributed by atoms with E-state index in [0.29, 0.717) is 39.5 Å². The molecule has 1 amide bonds. The Morgan fingerprint density at radius 3 is 2.50 bits per heavy atom. The van der Waals surface area contributed by atoms with Crippen molar-refractivity contribution in [2.75, 3.05) is 5.32 Å². The number of hydrogen-bond acceptors (Lipinski definition) is 5. The molecule has 0 atom stereocenters. The molecule has 0 unspecified atom stereocenters. The molecule has 0 aliphatic heterocycles. The quantitative estimate of drug-likeness (QED) is 0.357. The first kappa shape index (κ1) is 23.8. The number of nitrogens with one attached hydrogen (secondary N) is 1. The first-order valence-electron chi connectivity index (χ1n) is 11.8. The zero-order valence-electron chi connectivity index (χ0n) is 19.4. The number of benzene rings is 2. The molecule has 1 saturated carbocycles. The lowest BCUT2D eigenvalue weighted by Crippen LogP contribution is -2.13. The van der Waals surface area contributed by atoms with Crippen LogP contribution in [0.3, 0.4) is 0 Å².